The summed E-state index contributed by atoms with van der Waals surface area (Å²) >= 11 is 0. The molecular formula is C11H15N3O3. The Bertz CT molecular complexity index is 374. The number of nitrogens with zero attached hydrogens (tertiary/aromatic N) is 2. The van der Waals surface area contributed by atoms with Gasteiger partial charge in [0.2, 0.25) is 0 Å². The van der Waals surface area contributed by atoms with Crippen LogP contribution < -0.4 is 5.32 Å². The van der Waals surface area contributed by atoms with E-state index in [-0.39, 0.29) is 5.69 Å². The molecule has 0 saturated carbocycles. The zero-order valence-corrected chi connectivity index (χ0v) is 9.46. The van der Waals surface area contributed by atoms with E-state index >= 15 is 0 Å². The maximum Gasteiger partial charge on any atom is 0.287 e. The van der Waals surface area contributed by atoms with Crippen molar-refractivity contribution in [3.8, 4) is 0 Å². The van der Waals surface area contributed by atoms with Gasteiger partial charge in [-0.25, -0.2) is 4.98 Å². The molecule has 92 valence electrons. The normalized spacial score (nSPS) is 19.2. The Labute approximate surface area is 99.2 Å². The molecule has 1 unspecified atom stereocenters. The highest BCUT2D eigenvalue weighted by atomic mass is 16.6. The summed E-state index contributed by atoms with van der Waals surface area (Å²) in [6.07, 6.45) is 4.81. The van der Waals surface area contributed by atoms with E-state index in [0.29, 0.717) is 11.9 Å². The number of nitro groups is 1. The molecular weight excluding hydrogens is 222 g/mol. The molecule has 1 aromatic heterocycles. The second-order valence-corrected chi connectivity index (χ2v) is 4.01. The number of anilines is 1. The van der Waals surface area contributed by atoms with E-state index < -0.39 is 4.92 Å². The van der Waals surface area contributed by atoms with Crippen molar-refractivity contribution in [3.05, 3.63) is 28.4 Å². The first-order chi connectivity index (χ1) is 8.25. The second kappa shape index (κ2) is 5.58. The average molecular weight is 237 g/mol. The lowest BCUT2D eigenvalue weighted by molar-refractivity contribution is -0.385. The summed E-state index contributed by atoms with van der Waals surface area (Å²) in [6.45, 7) is 1.63. The smallest absolute Gasteiger partial charge is 0.287 e. The molecule has 1 saturated heterocycles. The molecule has 1 fully saturated rings. The zero-order valence-electron chi connectivity index (χ0n) is 9.46. The molecule has 6 heteroatoms. The predicted molar refractivity (Wildman–Crippen MR) is 63.0 cm³/mol. The maximum atomic E-state index is 10.4. The minimum Gasteiger partial charge on any atom is -0.378 e. The summed E-state index contributed by atoms with van der Waals surface area (Å²) in [7, 11) is 0. The van der Waals surface area contributed by atoms with E-state index in [1.807, 2.05) is 0 Å². The third-order valence-electron chi connectivity index (χ3n) is 2.76. The Kier molecular flexibility index (Phi) is 3.87. The molecule has 1 aromatic rings. The molecule has 17 heavy (non-hydrogen) atoms. The lowest BCUT2D eigenvalue weighted by Gasteiger charge is -2.10. The molecule has 0 radical (unpaired) electrons. The summed E-state index contributed by atoms with van der Waals surface area (Å²) in [5.41, 5.74) is 0.00896. The minimum absolute atomic E-state index is 0.00896. The number of aromatic nitrogens is 1. The maximum absolute atomic E-state index is 10.4. The number of pyridine rings is 1. The number of nitrogens with one attached hydrogen (secondary N) is 1. The summed E-state index contributed by atoms with van der Waals surface area (Å²) in [6, 6.07) is 3.06. The van der Waals surface area contributed by atoms with E-state index in [0.717, 1.165) is 32.4 Å². The molecule has 0 aliphatic carbocycles. The SMILES string of the molecule is O=[N+]([O-])c1ccc(NCCC2CCCO2)nc1. The minimum atomic E-state index is -0.455. The number of hydrogen-bond donors (Lipinski definition) is 1. The Morgan fingerprint density at radius 2 is 2.47 bits per heavy atom. The predicted octanol–water partition coefficient (Wildman–Crippen LogP) is 1.97. The number of ether oxygens (including phenoxy) is 1. The third kappa shape index (κ3) is 3.39. The van der Waals surface area contributed by atoms with E-state index in [1.54, 1.807) is 6.07 Å². The Balaban J connectivity index is 1.76. The molecule has 1 atom stereocenters. The highest BCUT2D eigenvalue weighted by molar-refractivity contribution is 5.39. The number of hydrogen-bond acceptors (Lipinski definition) is 5. The fourth-order valence-electron chi connectivity index (χ4n) is 1.83. The van der Waals surface area contributed by atoms with Gasteiger partial charge in [-0.1, -0.05) is 0 Å². The van der Waals surface area contributed by atoms with E-state index in [2.05, 4.69) is 10.3 Å². The van der Waals surface area contributed by atoms with Gasteiger partial charge in [-0.15, -0.1) is 0 Å². The Hall–Kier alpha value is -1.69. The van der Waals surface area contributed by atoms with Crippen LogP contribution in [0.5, 0.6) is 0 Å². The van der Waals surface area contributed by atoms with Crippen LogP contribution in [0.2, 0.25) is 0 Å². The molecule has 0 amide bonds. The van der Waals surface area contributed by atoms with Crippen molar-refractivity contribution in [1.82, 2.24) is 4.98 Å². The molecule has 2 heterocycles. The molecule has 1 aliphatic heterocycles. The summed E-state index contributed by atoms with van der Waals surface area (Å²) in [4.78, 5) is 13.9. The number of rotatable bonds is 5. The zero-order chi connectivity index (χ0) is 12.1. The van der Waals surface area contributed by atoms with Crippen LogP contribution in [0.4, 0.5) is 11.5 Å². The monoisotopic (exact) mass is 237 g/mol. The fraction of sp³-hybridized carbons (Fsp3) is 0.545. The van der Waals surface area contributed by atoms with Crippen molar-refractivity contribution >= 4 is 11.5 Å². The van der Waals surface area contributed by atoms with Gasteiger partial charge in [-0.2, -0.15) is 0 Å². The van der Waals surface area contributed by atoms with Crippen LogP contribution in [0.15, 0.2) is 18.3 Å². The van der Waals surface area contributed by atoms with Crippen molar-refractivity contribution in [2.24, 2.45) is 0 Å². The molecule has 1 N–H and O–H groups in total. The molecule has 0 aromatic carbocycles. The lowest BCUT2D eigenvalue weighted by atomic mass is 10.2. The van der Waals surface area contributed by atoms with Crippen molar-refractivity contribution in [1.29, 1.82) is 0 Å². The van der Waals surface area contributed by atoms with Crippen LogP contribution in [0.1, 0.15) is 19.3 Å². The van der Waals surface area contributed by atoms with Crippen LogP contribution in [0, 0.1) is 10.1 Å². The van der Waals surface area contributed by atoms with Crippen molar-refractivity contribution in [2.75, 3.05) is 18.5 Å². The first-order valence-electron chi connectivity index (χ1n) is 5.71. The van der Waals surface area contributed by atoms with Crippen LogP contribution in [-0.2, 0) is 4.74 Å². The van der Waals surface area contributed by atoms with Crippen molar-refractivity contribution in [3.63, 3.8) is 0 Å². The third-order valence-corrected chi connectivity index (χ3v) is 2.76. The molecule has 1 aliphatic rings. The van der Waals surface area contributed by atoms with Gasteiger partial charge in [0.15, 0.2) is 0 Å². The van der Waals surface area contributed by atoms with Gasteiger partial charge in [0.05, 0.1) is 11.0 Å². The standard InChI is InChI=1S/C11H15N3O3/c15-14(16)9-3-4-11(13-8-9)12-6-5-10-2-1-7-17-10/h3-4,8,10H,1-2,5-7H2,(H,12,13). The van der Waals surface area contributed by atoms with Crippen molar-refractivity contribution in [2.45, 2.75) is 25.4 Å². The van der Waals surface area contributed by atoms with Gasteiger partial charge in [-0.3, -0.25) is 10.1 Å². The van der Waals surface area contributed by atoms with Gasteiger partial charge in [0.1, 0.15) is 12.0 Å². The van der Waals surface area contributed by atoms with Gasteiger partial charge in [0.25, 0.3) is 5.69 Å². The Morgan fingerprint density at radius 3 is 3.06 bits per heavy atom. The van der Waals surface area contributed by atoms with E-state index in [9.17, 15) is 10.1 Å². The lowest BCUT2D eigenvalue weighted by Crippen LogP contribution is -2.12. The summed E-state index contributed by atoms with van der Waals surface area (Å²) in [5, 5.41) is 13.6. The Morgan fingerprint density at radius 1 is 1.59 bits per heavy atom. The highest BCUT2D eigenvalue weighted by Gasteiger charge is 2.14. The van der Waals surface area contributed by atoms with Crippen LogP contribution in [0.25, 0.3) is 0 Å². The van der Waals surface area contributed by atoms with Gasteiger partial charge in [-0.05, 0) is 25.3 Å². The summed E-state index contributed by atoms with van der Waals surface area (Å²) < 4.78 is 5.49. The van der Waals surface area contributed by atoms with Crippen LogP contribution >= 0.6 is 0 Å². The van der Waals surface area contributed by atoms with Crippen LogP contribution in [0.3, 0.4) is 0 Å². The fourth-order valence-corrected chi connectivity index (χ4v) is 1.83. The summed E-state index contributed by atoms with van der Waals surface area (Å²) in [5.74, 6) is 0.661. The van der Waals surface area contributed by atoms with Gasteiger partial charge < -0.3 is 10.1 Å². The first kappa shape index (κ1) is 11.8. The largest absolute Gasteiger partial charge is 0.378 e. The second-order valence-electron chi connectivity index (χ2n) is 4.01. The molecule has 0 bridgehead atoms. The van der Waals surface area contributed by atoms with Gasteiger partial charge >= 0.3 is 0 Å². The van der Waals surface area contributed by atoms with Crippen LogP contribution in [-0.4, -0.2) is 29.2 Å². The first-order valence-corrected chi connectivity index (χ1v) is 5.71. The molecule has 6 nitrogen and oxygen atoms in total. The topological polar surface area (TPSA) is 77.3 Å². The van der Waals surface area contributed by atoms with E-state index in [1.165, 1.54) is 12.3 Å². The van der Waals surface area contributed by atoms with Crippen molar-refractivity contribution < 1.29 is 9.66 Å². The van der Waals surface area contributed by atoms with E-state index in [4.69, 9.17) is 4.74 Å². The molecule has 0 spiro atoms. The average Bonchev–Trinajstić information content (AvgIpc) is 2.83. The molecule has 2 rings (SSSR count). The highest BCUT2D eigenvalue weighted by Crippen LogP contribution is 2.16. The quantitative estimate of drug-likeness (QED) is 0.625. The van der Waals surface area contributed by atoms with Gasteiger partial charge in [0, 0.05) is 19.2 Å².